The Balaban J connectivity index is 0.00000441. The van der Waals surface area contributed by atoms with Gasteiger partial charge in [-0.25, -0.2) is 9.59 Å². The molecule has 1 aromatic heterocycles. The van der Waals surface area contributed by atoms with Crippen molar-refractivity contribution in [2.75, 3.05) is 7.11 Å². The van der Waals surface area contributed by atoms with Crippen molar-refractivity contribution in [3.63, 3.8) is 0 Å². The topological polar surface area (TPSA) is 73.4 Å². The number of ether oxygens (including phenoxy) is 2. The number of alkyl carbamates (subject to hydrolysis) is 1. The van der Waals surface area contributed by atoms with E-state index < -0.39 is 23.7 Å². The molecule has 1 amide bonds. The minimum absolute atomic E-state index is 0. The number of rotatable bonds is 4. The molecule has 1 aromatic rings. The quantitative estimate of drug-likeness (QED) is 0.341. The Bertz CT molecular complexity index is 523. The third kappa shape index (κ3) is 6.56. The molecule has 1 heterocycles. The number of imidazole rings is 1. The van der Waals surface area contributed by atoms with Gasteiger partial charge in [0.15, 0.2) is 0 Å². The van der Waals surface area contributed by atoms with E-state index in [0.717, 1.165) is 5.69 Å². The molecular weight excluding hydrogens is 377 g/mol. The van der Waals surface area contributed by atoms with Crippen molar-refractivity contribution < 1.29 is 43.1 Å². The minimum Gasteiger partial charge on any atom is -0.468 e. The Morgan fingerprint density at radius 2 is 2.05 bits per heavy atom. The zero-order valence-corrected chi connectivity index (χ0v) is 15.4. The minimum atomic E-state index is -0.813. The molecule has 1 rings (SSSR count). The van der Waals surface area contributed by atoms with Gasteiger partial charge in [0.1, 0.15) is 11.6 Å². The first-order valence-electron chi connectivity index (χ1n) is 6.63. The second-order valence-corrected chi connectivity index (χ2v) is 5.82. The summed E-state index contributed by atoms with van der Waals surface area (Å²) < 4.78 is 13.4. The van der Waals surface area contributed by atoms with E-state index in [1.54, 1.807) is 29.9 Å². The maximum absolute atomic E-state index is 11.8. The zero-order valence-electron chi connectivity index (χ0n) is 13.7. The number of hydrogen-bond donors (Lipinski definition) is 1. The van der Waals surface area contributed by atoms with Crippen LogP contribution in [-0.2, 0) is 54.3 Å². The van der Waals surface area contributed by atoms with Gasteiger partial charge >= 0.3 is 12.1 Å². The van der Waals surface area contributed by atoms with Crippen LogP contribution in [0, 0.1) is 6.33 Å². The number of nitrogens with zero attached hydrogens (tertiary/aromatic N) is 2. The van der Waals surface area contributed by atoms with E-state index in [4.69, 9.17) is 9.47 Å². The van der Waals surface area contributed by atoms with Crippen LogP contribution in [-0.4, -0.2) is 35.4 Å². The van der Waals surface area contributed by atoms with Gasteiger partial charge in [-0.05, 0) is 39.1 Å². The van der Waals surface area contributed by atoms with Crippen molar-refractivity contribution in [2.24, 2.45) is 14.1 Å². The molecule has 0 aromatic carbocycles. The van der Waals surface area contributed by atoms with Crippen LogP contribution in [0.2, 0.25) is 0 Å². The number of carbonyl (C=O) groups excluding carboxylic acids is 2. The first-order chi connectivity index (χ1) is 9.62. The zero-order chi connectivity index (χ0) is 16.2. The van der Waals surface area contributed by atoms with Crippen molar-refractivity contribution in [3.8, 4) is 0 Å². The third-order valence-electron chi connectivity index (χ3n) is 2.67. The van der Waals surface area contributed by atoms with Crippen molar-refractivity contribution in [1.29, 1.82) is 0 Å². The Morgan fingerprint density at radius 3 is 2.45 bits per heavy atom. The van der Waals surface area contributed by atoms with Gasteiger partial charge in [-0.1, -0.05) is 0 Å². The first-order valence-corrected chi connectivity index (χ1v) is 6.63. The van der Waals surface area contributed by atoms with E-state index in [2.05, 4.69) is 11.6 Å². The fourth-order valence-corrected chi connectivity index (χ4v) is 1.82. The Labute approximate surface area is 143 Å². The van der Waals surface area contributed by atoms with Crippen LogP contribution in [0.4, 0.5) is 4.79 Å². The summed E-state index contributed by atoms with van der Waals surface area (Å²) in [6.07, 6.45) is 4.46. The normalized spacial score (nSPS) is 12.1. The summed E-state index contributed by atoms with van der Waals surface area (Å²) >= 11 is 0. The monoisotopic (exact) mass is 400 g/mol. The summed E-state index contributed by atoms with van der Waals surface area (Å²) in [6, 6.07) is -0.813. The number of esters is 1. The summed E-state index contributed by atoms with van der Waals surface area (Å²) in [6.45, 7) is 5.27. The summed E-state index contributed by atoms with van der Waals surface area (Å²) in [5, 5.41) is 2.54. The molecule has 22 heavy (non-hydrogen) atoms. The van der Waals surface area contributed by atoms with E-state index in [0.29, 0.717) is 6.42 Å². The molecule has 7 nitrogen and oxygen atoms in total. The summed E-state index contributed by atoms with van der Waals surface area (Å²) in [7, 11) is 4.93. The standard InChI is InChI=1S/C14H23N3O4.Rh/c1-14(2,3)21-13(19)15-11(12(18)20-6)7-10-8-16(4)9-17(10)5;/h8,11H,7H2,1-6H3,(H,15,19);/t11-;/m1./s1. The van der Waals surface area contributed by atoms with Crippen molar-refractivity contribution in [2.45, 2.75) is 38.8 Å². The van der Waals surface area contributed by atoms with Gasteiger partial charge in [-0.2, -0.15) is 0 Å². The van der Waals surface area contributed by atoms with E-state index in [9.17, 15) is 9.59 Å². The fraction of sp³-hybridized carbons (Fsp3) is 0.643. The number of aromatic nitrogens is 2. The van der Waals surface area contributed by atoms with Crippen molar-refractivity contribution in [1.82, 2.24) is 9.88 Å². The molecular formula is C14H23N3O4Rh. The third-order valence-corrected chi connectivity index (χ3v) is 2.67. The number of aryl methyl sites for hydroxylation is 2. The molecule has 1 N–H and O–H groups in total. The number of amides is 1. The average molecular weight is 400 g/mol. The summed E-state index contributed by atoms with van der Waals surface area (Å²) in [5.41, 5.74) is 0.208. The maximum atomic E-state index is 11.8. The molecule has 0 aliphatic carbocycles. The predicted octanol–water partition coefficient (Wildman–Crippen LogP) is 0.256. The second kappa shape index (κ2) is 8.27. The first kappa shape index (κ1) is 20.6. The SMILES string of the molecule is COC(=O)[C@@H](Cc1c[n+](C)[c-]n1C)NC(=O)OC(C)(C)C.[Rh]. The van der Waals surface area contributed by atoms with Crippen LogP contribution in [0.15, 0.2) is 6.20 Å². The molecule has 1 atom stereocenters. The van der Waals surface area contributed by atoms with E-state index >= 15 is 0 Å². The summed E-state index contributed by atoms with van der Waals surface area (Å²) in [4.78, 5) is 23.6. The van der Waals surface area contributed by atoms with Gasteiger partial charge in [0, 0.05) is 19.5 Å². The van der Waals surface area contributed by atoms with Crippen molar-refractivity contribution >= 4 is 12.1 Å². The van der Waals surface area contributed by atoms with Gasteiger partial charge in [-0.15, -0.1) is 0 Å². The fourth-order valence-electron chi connectivity index (χ4n) is 1.82. The van der Waals surface area contributed by atoms with Gasteiger partial charge in [0.25, 0.3) is 0 Å². The second-order valence-electron chi connectivity index (χ2n) is 5.82. The maximum Gasteiger partial charge on any atom is 0.408 e. The van der Waals surface area contributed by atoms with E-state index in [-0.39, 0.29) is 19.5 Å². The van der Waals surface area contributed by atoms with Crippen LogP contribution in [0.5, 0.6) is 0 Å². The molecule has 0 bridgehead atoms. The smallest absolute Gasteiger partial charge is 0.408 e. The largest absolute Gasteiger partial charge is 0.468 e. The molecule has 8 heteroatoms. The molecule has 0 saturated heterocycles. The predicted molar refractivity (Wildman–Crippen MR) is 74.3 cm³/mol. The molecule has 0 saturated carbocycles. The molecule has 0 aliphatic rings. The molecule has 127 valence electrons. The number of hydrogen-bond acceptors (Lipinski definition) is 4. The molecule has 0 unspecified atom stereocenters. The van der Waals surface area contributed by atoms with Gasteiger partial charge in [-0.3, -0.25) is 0 Å². The molecule has 0 fully saturated rings. The Kier molecular flexibility index (Phi) is 7.73. The Morgan fingerprint density at radius 1 is 1.45 bits per heavy atom. The number of carbonyl (C=O) groups is 2. The van der Waals surface area contributed by atoms with Gasteiger partial charge in [0.2, 0.25) is 6.33 Å². The van der Waals surface area contributed by atoms with Crippen LogP contribution >= 0.6 is 0 Å². The van der Waals surface area contributed by atoms with Gasteiger partial charge < -0.3 is 23.9 Å². The van der Waals surface area contributed by atoms with E-state index in [1.165, 1.54) is 7.11 Å². The summed E-state index contributed by atoms with van der Waals surface area (Å²) in [5.74, 6) is -0.523. The number of nitrogens with one attached hydrogen (secondary N) is 1. The molecule has 0 aliphatic heterocycles. The van der Waals surface area contributed by atoms with Crippen LogP contribution in [0.3, 0.4) is 0 Å². The average Bonchev–Trinajstić information content (AvgIpc) is 2.63. The van der Waals surface area contributed by atoms with Crippen molar-refractivity contribution in [3.05, 3.63) is 18.2 Å². The molecule has 0 spiro atoms. The van der Waals surface area contributed by atoms with E-state index in [1.807, 2.05) is 20.3 Å². The van der Waals surface area contributed by atoms with Crippen LogP contribution in [0.1, 0.15) is 26.5 Å². The Hall–Kier alpha value is -1.43. The van der Waals surface area contributed by atoms with Crippen LogP contribution in [0.25, 0.3) is 0 Å². The number of methoxy groups -OCH3 is 1. The molecule has 1 radical (unpaired) electrons. The van der Waals surface area contributed by atoms with Crippen LogP contribution < -0.4 is 9.88 Å². The van der Waals surface area contributed by atoms with Gasteiger partial charge in [0.05, 0.1) is 21.2 Å².